The summed E-state index contributed by atoms with van der Waals surface area (Å²) in [6.45, 7) is 0. The number of hydrogen-bond donors (Lipinski definition) is 1. The van der Waals surface area contributed by atoms with Crippen LogP contribution in [0.2, 0.25) is 5.02 Å². The maximum absolute atomic E-state index is 9.68. The maximum atomic E-state index is 9.68. The van der Waals surface area contributed by atoms with Crippen LogP contribution in [0.4, 0.5) is 5.69 Å². The Kier molecular flexibility index (Phi) is 4.64. The lowest BCUT2D eigenvalue weighted by Gasteiger charge is -2.01. The van der Waals surface area contributed by atoms with Gasteiger partial charge in [-0.2, -0.15) is 0 Å². The molecule has 0 saturated carbocycles. The van der Waals surface area contributed by atoms with Crippen LogP contribution in [0.5, 0.6) is 5.75 Å². The van der Waals surface area contributed by atoms with Crippen molar-refractivity contribution in [3.05, 3.63) is 55.0 Å². The van der Waals surface area contributed by atoms with Gasteiger partial charge in [0.25, 0.3) is 0 Å². The smallest absolute Gasteiger partial charge is 0.124 e. The third-order valence-corrected chi connectivity index (χ3v) is 3.71. The van der Waals surface area contributed by atoms with Gasteiger partial charge in [0.1, 0.15) is 5.75 Å². The fourth-order valence-corrected chi connectivity index (χ4v) is 2.64. The third kappa shape index (κ3) is 3.46. The van der Waals surface area contributed by atoms with E-state index in [0.29, 0.717) is 16.3 Å². The highest BCUT2D eigenvalue weighted by Crippen LogP contribution is 2.27. The van der Waals surface area contributed by atoms with Crippen molar-refractivity contribution in [3.63, 3.8) is 0 Å². The van der Waals surface area contributed by atoms with Gasteiger partial charge in [-0.15, -0.1) is 0 Å². The first-order valence-corrected chi connectivity index (χ1v) is 7.29. The first-order valence-electron chi connectivity index (χ1n) is 5.04. The molecule has 0 atom stereocenters. The minimum atomic E-state index is 0.184. The molecule has 0 saturated heterocycles. The van der Waals surface area contributed by atoms with E-state index in [1.54, 1.807) is 24.4 Å². The molecule has 0 radical (unpaired) electrons. The van der Waals surface area contributed by atoms with Crippen molar-refractivity contribution in [2.45, 2.75) is 0 Å². The van der Waals surface area contributed by atoms with Crippen LogP contribution in [0.25, 0.3) is 0 Å². The Bertz CT molecular complexity index is 616. The Morgan fingerprint density at radius 2 is 2.00 bits per heavy atom. The first kappa shape index (κ1) is 13.8. The van der Waals surface area contributed by atoms with E-state index in [1.165, 1.54) is 0 Å². The minimum Gasteiger partial charge on any atom is -0.507 e. The molecule has 0 amide bonds. The van der Waals surface area contributed by atoms with Gasteiger partial charge >= 0.3 is 0 Å². The van der Waals surface area contributed by atoms with Crippen LogP contribution in [-0.2, 0) is 0 Å². The molecule has 0 aliphatic rings. The standard InChI is InChI=1S/C13H8BrClINO/c14-9-1-4-13(18)8(5-9)7-17-12-3-2-10(16)6-11(12)15/h1-7,18H/b17-7+. The summed E-state index contributed by atoms with van der Waals surface area (Å²) in [5, 5.41) is 10.3. The summed E-state index contributed by atoms with van der Waals surface area (Å²) in [7, 11) is 0. The number of aliphatic imine (C=N–C) groups is 1. The molecule has 0 heterocycles. The Hall–Kier alpha value is -0.590. The van der Waals surface area contributed by atoms with Gasteiger partial charge in [0, 0.05) is 19.8 Å². The quantitative estimate of drug-likeness (QED) is 0.512. The maximum Gasteiger partial charge on any atom is 0.124 e. The van der Waals surface area contributed by atoms with Crippen molar-refractivity contribution in [2.24, 2.45) is 4.99 Å². The van der Waals surface area contributed by atoms with Crippen molar-refractivity contribution < 1.29 is 5.11 Å². The molecule has 92 valence electrons. The average Bonchev–Trinajstić information content (AvgIpc) is 2.32. The van der Waals surface area contributed by atoms with Crippen LogP contribution < -0.4 is 0 Å². The Morgan fingerprint density at radius 3 is 2.72 bits per heavy atom. The van der Waals surface area contributed by atoms with E-state index in [9.17, 15) is 5.11 Å². The highest BCUT2D eigenvalue weighted by Gasteiger charge is 2.01. The second kappa shape index (κ2) is 6.04. The molecule has 2 nitrogen and oxygen atoms in total. The lowest BCUT2D eigenvalue weighted by Crippen LogP contribution is -1.82. The zero-order valence-electron chi connectivity index (χ0n) is 9.07. The van der Waals surface area contributed by atoms with E-state index in [4.69, 9.17) is 11.6 Å². The zero-order valence-corrected chi connectivity index (χ0v) is 13.6. The van der Waals surface area contributed by atoms with Crippen LogP contribution in [0.3, 0.4) is 0 Å². The zero-order chi connectivity index (χ0) is 13.1. The second-order valence-corrected chi connectivity index (χ2v) is 6.13. The Balaban J connectivity index is 2.32. The summed E-state index contributed by atoms with van der Waals surface area (Å²) in [5.74, 6) is 0.184. The van der Waals surface area contributed by atoms with Crippen molar-refractivity contribution >= 4 is 62.0 Å². The van der Waals surface area contributed by atoms with E-state index in [1.807, 2.05) is 18.2 Å². The predicted octanol–water partition coefficient (Wildman–Crippen LogP) is 5.16. The first-order chi connectivity index (χ1) is 8.56. The second-order valence-electron chi connectivity index (χ2n) is 3.56. The monoisotopic (exact) mass is 435 g/mol. The van der Waals surface area contributed by atoms with E-state index in [2.05, 4.69) is 43.5 Å². The fraction of sp³-hybridized carbons (Fsp3) is 0. The average molecular weight is 436 g/mol. The van der Waals surface area contributed by atoms with E-state index in [0.717, 1.165) is 8.04 Å². The summed E-state index contributed by atoms with van der Waals surface area (Å²) in [5.41, 5.74) is 1.32. The molecule has 5 heteroatoms. The SMILES string of the molecule is Oc1ccc(Br)cc1/C=N/c1ccc(I)cc1Cl. The largest absolute Gasteiger partial charge is 0.507 e. The molecule has 0 aliphatic heterocycles. The highest BCUT2D eigenvalue weighted by atomic mass is 127. The summed E-state index contributed by atoms with van der Waals surface area (Å²) >= 11 is 11.6. The van der Waals surface area contributed by atoms with E-state index < -0.39 is 0 Å². The molecule has 0 bridgehead atoms. The lowest BCUT2D eigenvalue weighted by molar-refractivity contribution is 0.474. The van der Waals surface area contributed by atoms with Gasteiger partial charge in [-0.1, -0.05) is 27.5 Å². The lowest BCUT2D eigenvalue weighted by atomic mass is 10.2. The summed E-state index contributed by atoms with van der Waals surface area (Å²) in [4.78, 5) is 4.28. The molecule has 1 N–H and O–H groups in total. The van der Waals surface area contributed by atoms with Crippen molar-refractivity contribution in [1.82, 2.24) is 0 Å². The molecule has 0 spiro atoms. The van der Waals surface area contributed by atoms with Gasteiger partial charge in [-0.05, 0) is 59.0 Å². The predicted molar refractivity (Wildman–Crippen MR) is 87.2 cm³/mol. The summed E-state index contributed by atoms with van der Waals surface area (Å²) in [6.07, 6.45) is 1.59. The molecule has 0 unspecified atom stereocenters. The molecular formula is C13H8BrClINO. The summed E-state index contributed by atoms with van der Waals surface area (Å²) in [6, 6.07) is 10.8. The molecule has 0 aromatic heterocycles. The topological polar surface area (TPSA) is 32.6 Å². The molecular weight excluding hydrogens is 428 g/mol. The van der Waals surface area contributed by atoms with Crippen molar-refractivity contribution in [3.8, 4) is 5.75 Å². The van der Waals surface area contributed by atoms with E-state index in [-0.39, 0.29) is 5.75 Å². The normalized spacial score (nSPS) is 11.1. The number of rotatable bonds is 2. The number of phenols is 1. The molecule has 18 heavy (non-hydrogen) atoms. The summed E-state index contributed by atoms with van der Waals surface area (Å²) < 4.78 is 1.94. The van der Waals surface area contributed by atoms with Crippen molar-refractivity contribution in [1.29, 1.82) is 0 Å². The number of aromatic hydroxyl groups is 1. The molecule has 2 aromatic carbocycles. The van der Waals surface area contributed by atoms with Gasteiger partial charge in [0.05, 0.1) is 10.7 Å². The van der Waals surface area contributed by atoms with Gasteiger partial charge in [-0.3, -0.25) is 4.99 Å². The number of halogens is 3. The van der Waals surface area contributed by atoms with Gasteiger partial charge in [0.15, 0.2) is 0 Å². The van der Waals surface area contributed by atoms with E-state index >= 15 is 0 Å². The van der Waals surface area contributed by atoms with Gasteiger partial charge < -0.3 is 5.11 Å². The molecule has 0 aliphatic carbocycles. The van der Waals surface area contributed by atoms with Crippen LogP contribution in [0.1, 0.15) is 5.56 Å². The van der Waals surface area contributed by atoms with Crippen LogP contribution >= 0.6 is 50.1 Å². The Labute approximate surface area is 132 Å². The van der Waals surface area contributed by atoms with Crippen molar-refractivity contribution in [2.75, 3.05) is 0 Å². The van der Waals surface area contributed by atoms with Crippen LogP contribution in [-0.4, -0.2) is 11.3 Å². The fourth-order valence-electron chi connectivity index (χ4n) is 1.35. The highest BCUT2D eigenvalue weighted by molar-refractivity contribution is 14.1. The number of nitrogens with zero attached hydrogens (tertiary/aromatic N) is 1. The minimum absolute atomic E-state index is 0.184. The van der Waals surface area contributed by atoms with Crippen LogP contribution in [0, 0.1) is 3.57 Å². The third-order valence-electron chi connectivity index (χ3n) is 2.24. The number of benzene rings is 2. The van der Waals surface area contributed by atoms with Gasteiger partial charge in [-0.25, -0.2) is 0 Å². The molecule has 2 rings (SSSR count). The van der Waals surface area contributed by atoms with Crippen LogP contribution in [0.15, 0.2) is 45.9 Å². The number of hydrogen-bond acceptors (Lipinski definition) is 2. The molecule has 0 fully saturated rings. The molecule has 2 aromatic rings. The van der Waals surface area contributed by atoms with Gasteiger partial charge in [0.2, 0.25) is 0 Å². The number of phenolic OH excluding ortho intramolecular Hbond substituents is 1. The Morgan fingerprint density at radius 1 is 1.22 bits per heavy atom.